The molecule has 2 N–H and O–H groups in total. The monoisotopic (exact) mass is 1140 g/mol. The number of hydrogen-bond acceptors (Lipinski definition) is 17. The number of ether oxygens (including phenoxy) is 4. The van der Waals surface area contributed by atoms with Crippen molar-refractivity contribution in [2.45, 2.75) is 124 Å². The molecule has 23 heteroatoms. The maximum absolute atomic E-state index is 12.7. The molecular weight excluding hydrogens is 1070 g/mol. The predicted molar refractivity (Wildman–Crippen MR) is 286 cm³/mol. The smallest absolute Gasteiger partial charge is 0.335 e. The maximum Gasteiger partial charge on any atom is 0.335 e. The number of hydroxylamine groups is 2. The van der Waals surface area contributed by atoms with Crippen molar-refractivity contribution >= 4 is 67.1 Å². The second kappa shape index (κ2) is 25.7. The summed E-state index contributed by atoms with van der Waals surface area (Å²) in [4.78, 5) is 43.8. The molecule has 3 aromatic carbocycles. The van der Waals surface area contributed by atoms with Gasteiger partial charge in [-0.1, -0.05) is 19.4 Å². The summed E-state index contributed by atoms with van der Waals surface area (Å²) >= 11 is 0.834. The van der Waals surface area contributed by atoms with Gasteiger partial charge in [-0.05, 0) is 143 Å². The SMILES string of the molecule is CCCC[N+]1=C(/C=C/C2=C(Oc3ccc(S(=O)(=O)O)cc3)C(=C/C=C3/N(CCOCCC(=O)ON4C(=O)CCC4=O)c4c(C)cc(S(=O)(=O)O)cc4C3(C)CCOC)/CCC2)C(C)(CCOC)c2cc(SOO[O-])cc(C)c21. The lowest BCUT2D eigenvalue weighted by Crippen LogP contribution is -2.33. The standard InChI is InChI=1S/C55H67N3O17S3/c1-8-9-26-56-46(54(4,24-29-69-6)44-34-41(76-75-74-62)32-36(2)51(44)56)19-13-38-11-10-12-39(53(38)72-40-15-17-42(18-16-40)77(63,64)65)14-20-47-55(5,25-30-70-7)45-35-43(78(66,67)68)33-37(3)52(45)57(47)27-31-71-28-23-50(61)73-58-48(59)21-22-49(58)60/h13-20,32-35H,8-12,21-31H2,1-7H3,(H2-,62,63,64,65,66,67,68). The molecule has 1 aliphatic carbocycles. The van der Waals surface area contributed by atoms with Gasteiger partial charge in [0.05, 0.1) is 46.9 Å². The van der Waals surface area contributed by atoms with E-state index in [0.717, 1.165) is 64.3 Å². The number of unbranched alkanes of at least 4 members (excludes halogenated alkanes) is 1. The van der Waals surface area contributed by atoms with Crippen molar-refractivity contribution in [1.82, 2.24) is 5.06 Å². The van der Waals surface area contributed by atoms with Gasteiger partial charge in [0.2, 0.25) is 5.69 Å². The van der Waals surface area contributed by atoms with Gasteiger partial charge in [-0.15, -0.1) is 5.06 Å². The van der Waals surface area contributed by atoms with Crippen LogP contribution in [0.3, 0.4) is 0 Å². The fourth-order valence-corrected chi connectivity index (χ4v) is 12.2. The highest BCUT2D eigenvalue weighted by Crippen LogP contribution is 2.53. The lowest BCUT2D eigenvalue weighted by molar-refractivity contribution is -0.777. The Morgan fingerprint density at radius 1 is 0.821 bits per heavy atom. The van der Waals surface area contributed by atoms with E-state index in [0.29, 0.717) is 83.5 Å². The van der Waals surface area contributed by atoms with Gasteiger partial charge in [0, 0.05) is 92.1 Å². The number of carbonyl (C=O) groups excluding carboxylic acids is 3. The number of carbonyl (C=O) groups is 3. The summed E-state index contributed by atoms with van der Waals surface area (Å²) < 4.78 is 101. The molecule has 422 valence electrons. The Balaban J connectivity index is 1.34. The number of amides is 2. The number of aryl methyl sites for hydroxylation is 2. The average molecular weight is 1140 g/mol. The predicted octanol–water partition coefficient (Wildman–Crippen LogP) is 7.93. The van der Waals surface area contributed by atoms with Crippen LogP contribution in [0.25, 0.3) is 0 Å². The van der Waals surface area contributed by atoms with Crippen molar-refractivity contribution in [3.05, 3.63) is 118 Å². The van der Waals surface area contributed by atoms with Gasteiger partial charge < -0.3 is 33.9 Å². The van der Waals surface area contributed by atoms with E-state index in [2.05, 4.69) is 35.6 Å². The Kier molecular flexibility index (Phi) is 19.8. The zero-order valence-electron chi connectivity index (χ0n) is 44.8. The third-order valence-corrected chi connectivity index (χ3v) is 16.9. The van der Waals surface area contributed by atoms with Crippen LogP contribution < -0.4 is 14.9 Å². The molecule has 20 nitrogen and oxygen atoms in total. The van der Waals surface area contributed by atoms with Gasteiger partial charge in [0.25, 0.3) is 32.1 Å². The van der Waals surface area contributed by atoms with E-state index >= 15 is 0 Å². The van der Waals surface area contributed by atoms with Crippen molar-refractivity contribution in [2.24, 2.45) is 0 Å². The first kappa shape index (κ1) is 60.1. The molecule has 0 saturated carbocycles. The number of benzene rings is 3. The molecule has 2 amide bonds. The summed E-state index contributed by atoms with van der Waals surface area (Å²) in [6, 6.07) is 12.3. The number of hydrogen-bond donors (Lipinski definition) is 2. The Labute approximate surface area is 459 Å². The minimum Gasteiger partial charge on any atom is -0.691 e. The Hall–Kier alpha value is -5.57. The molecule has 1 fully saturated rings. The number of imide groups is 1. The van der Waals surface area contributed by atoms with Crippen LogP contribution in [0.4, 0.5) is 11.4 Å². The summed E-state index contributed by atoms with van der Waals surface area (Å²) in [5.41, 5.74) is 6.76. The van der Waals surface area contributed by atoms with E-state index in [9.17, 15) is 45.6 Å². The van der Waals surface area contributed by atoms with Crippen molar-refractivity contribution in [2.75, 3.05) is 58.6 Å². The molecule has 2 atom stereocenters. The largest absolute Gasteiger partial charge is 0.691 e. The minimum atomic E-state index is -4.64. The molecule has 3 aromatic rings. The molecule has 4 aliphatic rings. The normalized spacial score (nSPS) is 20.8. The van der Waals surface area contributed by atoms with Gasteiger partial charge >= 0.3 is 5.97 Å². The van der Waals surface area contributed by atoms with Crippen LogP contribution in [-0.2, 0) is 73.9 Å². The highest BCUT2D eigenvalue weighted by Gasteiger charge is 2.49. The van der Waals surface area contributed by atoms with Gasteiger partial charge in [-0.2, -0.15) is 25.7 Å². The summed E-state index contributed by atoms with van der Waals surface area (Å²) in [7, 11) is -5.93. The Bertz CT molecular complexity index is 3150. The lowest BCUT2D eigenvalue weighted by Gasteiger charge is -2.30. The number of nitrogens with zero attached hydrogens (tertiary/aromatic N) is 3. The summed E-state index contributed by atoms with van der Waals surface area (Å²) in [5, 5.41) is 15.1. The minimum absolute atomic E-state index is 0.0410. The first-order chi connectivity index (χ1) is 37.1. The third kappa shape index (κ3) is 13.4. The first-order valence-corrected chi connectivity index (χ1v) is 29.3. The Morgan fingerprint density at radius 3 is 2.14 bits per heavy atom. The van der Waals surface area contributed by atoms with Crippen LogP contribution in [0.5, 0.6) is 5.75 Å². The average Bonchev–Trinajstić information content (AvgIpc) is 3.98. The number of anilines is 1. The molecule has 0 bridgehead atoms. The van der Waals surface area contributed by atoms with Crippen LogP contribution in [-0.4, -0.2) is 113 Å². The van der Waals surface area contributed by atoms with E-state index in [4.69, 9.17) is 28.1 Å². The van der Waals surface area contributed by atoms with Crippen LogP contribution in [0.1, 0.15) is 107 Å². The molecule has 0 aromatic heterocycles. The lowest BCUT2D eigenvalue weighted by atomic mass is 9.76. The van der Waals surface area contributed by atoms with Crippen LogP contribution in [0.15, 0.2) is 110 Å². The number of rotatable bonds is 26. The van der Waals surface area contributed by atoms with E-state index in [1.165, 1.54) is 36.4 Å². The van der Waals surface area contributed by atoms with E-state index in [-0.39, 0.29) is 55.4 Å². The fourth-order valence-electron chi connectivity index (χ4n) is 10.6. The summed E-state index contributed by atoms with van der Waals surface area (Å²) in [5.74, 6) is -1.20. The van der Waals surface area contributed by atoms with Gasteiger partial charge in [-0.3, -0.25) is 23.7 Å². The number of fused-ring (bicyclic) bond motifs is 2. The molecule has 3 aliphatic heterocycles. The molecule has 0 spiro atoms. The highest BCUT2D eigenvalue weighted by molar-refractivity contribution is 7.94. The fraction of sp³-hybridized carbons (Fsp3) is 0.455. The molecular formula is C55H67N3O17S3. The molecule has 7 rings (SSSR count). The summed E-state index contributed by atoms with van der Waals surface area (Å²) in [6.45, 7) is 11.6. The summed E-state index contributed by atoms with van der Waals surface area (Å²) in [6.07, 6.45) is 12.4. The van der Waals surface area contributed by atoms with Crippen LogP contribution in [0.2, 0.25) is 0 Å². The van der Waals surface area contributed by atoms with Gasteiger partial charge in [0.15, 0.2) is 5.71 Å². The van der Waals surface area contributed by atoms with Crippen LogP contribution >= 0.6 is 12.0 Å². The van der Waals surface area contributed by atoms with Crippen molar-refractivity contribution in [3.63, 3.8) is 0 Å². The van der Waals surface area contributed by atoms with E-state index < -0.39 is 48.8 Å². The molecule has 2 unspecified atom stereocenters. The highest BCUT2D eigenvalue weighted by atomic mass is 32.2. The van der Waals surface area contributed by atoms with Crippen molar-refractivity contribution in [3.8, 4) is 5.75 Å². The second-order valence-electron chi connectivity index (χ2n) is 19.9. The quantitative estimate of drug-likeness (QED) is 0.0147. The van der Waals surface area contributed by atoms with E-state index in [1.54, 1.807) is 21.1 Å². The second-order valence-corrected chi connectivity index (χ2v) is 23.5. The van der Waals surface area contributed by atoms with Crippen molar-refractivity contribution in [1.29, 1.82) is 0 Å². The molecule has 78 heavy (non-hydrogen) atoms. The first-order valence-electron chi connectivity index (χ1n) is 25.6. The molecule has 1 saturated heterocycles. The van der Waals surface area contributed by atoms with Gasteiger partial charge in [-0.25, -0.2) is 4.79 Å². The number of allylic oxidation sites excluding steroid dienone is 7. The van der Waals surface area contributed by atoms with Crippen LogP contribution in [0, 0.1) is 13.8 Å². The zero-order valence-corrected chi connectivity index (χ0v) is 47.3. The molecule has 0 radical (unpaired) electrons. The zero-order chi connectivity index (χ0) is 56.6. The number of methoxy groups -OCH3 is 2. The maximum atomic E-state index is 12.7. The third-order valence-electron chi connectivity index (χ3n) is 14.6. The van der Waals surface area contributed by atoms with Gasteiger partial charge in [0.1, 0.15) is 18.1 Å². The Morgan fingerprint density at radius 2 is 1.50 bits per heavy atom. The topological polar surface area (TPSA) is 257 Å². The van der Waals surface area contributed by atoms with Crippen molar-refractivity contribution < 1.29 is 83.3 Å². The molecule has 3 heterocycles. The van der Waals surface area contributed by atoms with E-state index in [1.807, 2.05) is 43.0 Å².